The smallest absolute Gasteiger partial charge is 0.278 e. The zero-order valence-electron chi connectivity index (χ0n) is 18.8. The van der Waals surface area contributed by atoms with Crippen molar-refractivity contribution in [1.29, 1.82) is 0 Å². The van der Waals surface area contributed by atoms with Crippen LogP contribution < -0.4 is 24.8 Å². The molecule has 3 aromatic heterocycles. The summed E-state index contributed by atoms with van der Waals surface area (Å²) in [7, 11) is 4.62. The van der Waals surface area contributed by atoms with Gasteiger partial charge in [-0.2, -0.15) is 15.1 Å². The van der Waals surface area contributed by atoms with Gasteiger partial charge in [0.15, 0.2) is 17.8 Å². The SMILES string of the molecule is COc1ccc(-c2ocnc2C(=O)Nc2cnn(CCNc3nc(OC)cc(OC)n3)c2)cc1. The van der Waals surface area contributed by atoms with E-state index in [0.29, 0.717) is 53.6 Å². The molecule has 4 aromatic rings. The Morgan fingerprint density at radius 3 is 2.47 bits per heavy atom. The number of oxazole rings is 1. The van der Waals surface area contributed by atoms with Crippen molar-refractivity contribution >= 4 is 17.5 Å². The van der Waals surface area contributed by atoms with Crippen molar-refractivity contribution in [3.05, 3.63) is 54.8 Å². The summed E-state index contributed by atoms with van der Waals surface area (Å²) in [6.07, 6.45) is 4.50. The standard InChI is InChI=1S/C22H23N7O5/c1-31-16-6-4-14(5-7-16)20-19(24-13-34-20)21(30)26-15-11-25-29(12-15)9-8-23-22-27-17(32-2)10-18(28-22)33-3/h4-7,10-13H,8-9H2,1-3H3,(H,26,30)(H,23,27,28). The number of carbonyl (C=O) groups is 1. The highest BCUT2D eigenvalue weighted by molar-refractivity contribution is 6.06. The Labute approximate surface area is 194 Å². The van der Waals surface area contributed by atoms with Crippen LogP contribution in [0.4, 0.5) is 11.6 Å². The molecule has 3 heterocycles. The van der Waals surface area contributed by atoms with Gasteiger partial charge in [-0.15, -0.1) is 0 Å². The van der Waals surface area contributed by atoms with E-state index in [9.17, 15) is 4.79 Å². The normalized spacial score (nSPS) is 10.6. The van der Waals surface area contributed by atoms with Gasteiger partial charge in [-0.25, -0.2) is 4.98 Å². The van der Waals surface area contributed by atoms with Gasteiger partial charge >= 0.3 is 0 Å². The number of nitrogens with one attached hydrogen (secondary N) is 2. The highest BCUT2D eigenvalue weighted by atomic mass is 16.5. The van der Waals surface area contributed by atoms with Crippen LogP contribution in [0.1, 0.15) is 10.5 Å². The van der Waals surface area contributed by atoms with Gasteiger partial charge in [0.25, 0.3) is 5.91 Å². The van der Waals surface area contributed by atoms with Crippen molar-refractivity contribution in [3.8, 4) is 28.8 Å². The Balaban J connectivity index is 1.35. The van der Waals surface area contributed by atoms with Gasteiger partial charge in [0, 0.05) is 18.3 Å². The van der Waals surface area contributed by atoms with E-state index < -0.39 is 5.91 Å². The van der Waals surface area contributed by atoms with Crippen molar-refractivity contribution in [2.45, 2.75) is 6.54 Å². The molecule has 0 unspecified atom stereocenters. The van der Waals surface area contributed by atoms with Crippen LogP contribution in [0.15, 0.2) is 53.5 Å². The number of benzene rings is 1. The summed E-state index contributed by atoms with van der Waals surface area (Å²) in [4.78, 5) is 25.3. The Morgan fingerprint density at radius 1 is 1.06 bits per heavy atom. The average Bonchev–Trinajstić information content (AvgIpc) is 3.53. The Morgan fingerprint density at radius 2 is 1.79 bits per heavy atom. The molecule has 4 rings (SSSR count). The monoisotopic (exact) mass is 465 g/mol. The molecule has 0 aliphatic rings. The minimum atomic E-state index is -0.408. The van der Waals surface area contributed by atoms with Crippen LogP contribution in [0, 0.1) is 0 Å². The molecule has 176 valence electrons. The molecule has 0 fully saturated rings. The quantitative estimate of drug-likeness (QED) is 0.359. The first-order valence-electron chi connectivity index (χ1n) is 10.2. The number of rotatable bonds is 10. The van der Waals surface area contributed by atoms with Crippen molar-refractivity contribution < 1.29 is 23.4 Å². The van der Waals surface area contributed by atoms with Crippen molar-refractivity contribution in [1.82, 2.24) is 24.7 Å². The third-order valence-electron chi connectivity index (χ3n) is 4.75. The number of nitrogens with zero attached hydrogens (tertiary/aromatic N) is 5. The van der Waals surface area contributed by atoms with Crippen molar-refractivity contribution in [2.75, 3.05) is 38.5 Å². The summed E-state index contributed by atoms with van der Waals surface area (Å²) < 4.78 is 22.5. The molecule has 1 amide bonds. The molecule has 0 atom stereocenters. The molecular formula is C22H23N7O5. The van der Waals surface area contributed by atoms with E-state index in [1.165, 1.54) is 20.6 Å². The first-order chi connectivity index (χ1) is 16.6. The lowest BCUT2D eigenvalue weighted by Gasteiger charge is -2.08. The van der Waals surface area contributed by atoms with Crippen LogP contribution in [0.5, 0.6) is 17.5 Å². The molecule has 12 heteroatoms. The van der Waals surface area contributed by atoms with Gasteiger partial charge in [0.1, 0.15) is 5.75 Å². The van der Waals surface area contributed by atoms with Crippen molar-refractivity contribution in [2.24, 2.45) is 0 Å². The lowest BCUT2D eigenvalue weighted by molar-refractivity contribution is 0.102. The molecule has 0 bridgehead atoms. The second kappa shape index (κ2) is 10.3. The summed E-state index contributed by atoms with van der Waals surface area (Å²) in [5.74, 6) is 1.81. The zero-order valence-corrected chi connectivity index (χ0v) is 18.8. The molecule has 12 nitrogen and oxygen atoms in total. The van der Waals surface area contributed by atoms with E-state index in [2.05, 4.69) is 30.7 Å². The van der Waals surface area contributed by atoms with E-state index in [-0.39, 0.29) is 5.69 Å². The lowest BCUT2D eigenvalue weighted by atomic mass is 10.1. The number of hydrogen-bond donors (Lipinski definition) is 2. The molecule has 1 aromatic carbocycles. The van der Waals surface area contributed by atoms with Crippen LogP contribution in [-0.4, -0.2) is 58.5 Å². The van der Waals surface area contributed by atoms with Gasteiger partial charge in [0.2, 0.25) is 17.7 Å². The summed E-state index contributed by atoms with van der Waals surface area (Å²) in [6, 6.07) is 8.74. The largest absolute Gasteiger partial charge is 0.497 e. The van der Waals surface area contributed by atoms with Crippen LogP contribution in [0.25, 0.3) is 11.3 Å². The van der Waals surface area contributed by atoms with Crippen LogP contribution in [-0.2, 0) is 6.54 Å². The molecule has 0 saturated heterocycles. The molecule has 0 spiro atoms. The number of aromatic nitrogens is 5. The highest BCUT2D eigenvalue weighted by Gasteiger charge is 2.19. The fourth-order valence-corrected chi connectivity index (χ4v) is 3.07. The second-order valence-electron chi connectivity index (χ2n) is 6.91. The summed E-state index contributed by atoms with van der Waals surface area (Å²) in [5, 5.41) is 10.1. The first kappa shape index (κ1) is 22.6. The molecule has 34 heavy (non-hydrogen) atoms. The highest BCUT2D eigenvalue weighted by Crippen LogP contribution is 2.26. The predicted molar refractivity (Wildman–Crippen MR) is 122 cm³/mol. The summed E-state index contributed by atoms with van der Waals surface area (Å²) in [6.45, 7) is 0.982. The minimum absolute atomic E-state index is 0.170. The zero-order chi connectivity index (χ0) is 23.9. The van der Waals surface area contributed by atoms with Gasteiger partial charge in [0.05, 0.1) is 45.8 Å². The summed E-state index contributed by atoms with van der Waals surface area (Å²) in [5.41, 5.74) is 1.40. The molecule has 0 saturated carbocycles. The molecule has 2 N–H and O–H groups in total. The van der Waals surface area contributed by atoms with E-state index in [0.717, 1.165) is 0 Å². The van der Waals surface area contributed by atoms with Crippen LogP contribution >= 0.6 is 0 Å². The van der Waals surface area contributed by atoms with Gasteiger partial charge < -0.3 is 29.3 Å². The molecule has 0 aliphatic heterocycles. The number of hydrogen-bond acceptors (Lipinski definition) is 10. The molecular weight excluding hydrogens is 442 g/mol. The van der Waals surface area contributed by atoms with E-state index >= 15 is 0 Å². The topological polar surface area (TPSA) is 138 Å². The van der Waals surface area contributed by atoms with Crippen molar-refractivity contribution in [3.63, 3.8) is 0 Å². The third kappa shape index (κ3) is 5.23. The van der Waals surface area contributed by atoms with E-state index in [1.54, 1.807) is 54.5 Å². The maximum absolute atomic E-state index is 12.8. The van der Waals surface area contributed by atoms with Crippen LogP contribution in [0.2, 0.25) is 0 Å². The fraction of sp³-hybridized carbons (Fsp3) is 0.227. The number of amides is 1. The van der Waals surface area contributed by atoms with Gasteiger partial charge in [-0.05, 0) is 24.3 Å². The maximum atomic E-state index is 12.8. The Bertz CT molecular complexity index is 1230. The first-order valence-corrected chi connectivity index (χ1v) is 10.2. The fourth-order valence-electron chi connectivity index (χ4n) is 3.07. The number of anilines is 2. The average molecular weight is 465 g/mol. The maximum Gasteiger partial charge on any atom is 0.278 e. The predicted octanol–water partition coefficient (Wildman–Crippen LogP) is 2.72. The second-order valence-corrected chi connectivity index (χ2v) is 6.91. The van der Waals surface area contributed by atoms with Gasteiger partial charge in [-0.3, -0.25) is 9.48 Å². The minimum Gasteiger partial charge on any atom is -0.497 e. The van der Waals surface area contributed by atoms with Gasteiger partial charge in [-0.1, -0.05) is 0 Å². The Hall–Kier alpha value is -4.61. The Kier molecular flexibility index (Phi) is 6.87. The number of carbonyl (C=O) groups excluding carboxylic acids is 1. The molecule has 0 radical (unpaired) electrons. The van der Waals surface area contributed by atoms with E-state index in [4.69, 9.17) is 18.6 Å². The van der Waals surface area contributed by atoms with E-state index in [1.807, 2.05) is 0 Å². The number of ether oxygens (including phenoxy) is 3. The summed E-state index contributed by atoms with van der Waals surface area (Å²) >= 11 is 0. The third-order valence-corrected chi connectivity index (χ3v) is 4.75. The number of methoxy groups -OCH3 is 3. The van der Waals surface area contributed by atoms with Crippen LogP contribution in [0.3, 0.4) is 0 Å². The lowest BCUT2D eigenvalue weighted by Crippen LogP contribution is -2.14. The molecule has 0 aliphatic carbocycles.